The molecule has 0 radical (unpaired) electrons. The van der Waals surface area contributed by atoms with E-state index in [1.165, 1.54) is 0 Å². The van der Waals surface area contributed by atoms with Crippen LogP contribution in [0.4, 0.5) is 0 Å². The first-order valence-corrected chi connectivity index (χ1v) is 3.66. The average Bonchev–Trinajstić information content (AvgIpc) is 2.17. The molecule has 0 aliphatic rings. The molecule has 4 nitrogen and oxygen atoms in total. The van der Waals surface area contributed by atoms with E-state index in [0.717, 1.165) is 11.1 Å². The predicted octanol–water partition coefficient (Wildman–Crippen LogP) is 0.483. The number of pyridine rings is 1. The summed E-state index contributed by atoms with van der Waals surface area (Å²) in [6, 6.07) is 1.90. The van der Waals surface area contributed by atoms with Crippen LogP contribution in [0.2, 0.25) is 0 Å². The van der Waals surface area contributed by atoms with Crippen LogP contribution < -0.4 is 5.73 Å². The normalized spacial score (nSPS) is 10.4. The summed E-state index contributed by atoms with van der Waals surface area (Å²) in [5, 5.41) is 0. The highest BCUT2D eigenvalue weighted by Crippen LogP contribution is 2.06. The Labute approximate surface area is 69.5 Å². The maximum absolute atomic E-state index is 5.45. The maximum Gasteiger partial charge on any atom is 0.178 e. The largest absolute Gasteiger partial charge is 0.326 e. The van der Waals surface area contributed by atoms with Crippen LogP contribution in [0.5, 0.6) is 0 Å². The van der Waals surface area contributed by atoms with E-state index in [4.69, 9.17) is 5.73 Å². The van der Waals surface area contributed by atoms with Crippen LogP contribution in [0.15, 0.2) is 24.7 Å². The first-order chi connectivity index (χ1) is 5.90. The lowest BCUT2D eigenvalue weighted by Gasteiger charge is -1.96. The molecule has 0 unspecified atom stereocenters. The van der Waals surface area contributed by atoms with Crippen LogP contribution >= 0.6 is 0 Å². The Kier molecular flexibility index (Phi) is 1.68. The zero-order valence-electron chi connectivity index (χ0n) is 6.44. The second-order valence-corrected chi connectivity index (χ2v) is 2.45. The van der Waals surface area contributed by atoms with Gasteiger partial charge < -0.3 is 5.73 Å². The van der Waals surface area contributed by atoms with E-state index in [9.17, 15) is 0 Å². The minimum atomic E-state index is 0.486. The number of hydrogen-bond acceptors (Lipinski definition) is 4. The second-order valence-electron chi connectivity index (χ2n) is 2.45. The second kappa shape index (κ2) is 2.83. The van der Waals surface area contributed by atoms with E-state index in [2.05, 4.69) is 15.0 Å². The molecule has 2 rings (SSSR count). The summed E-state index contributed by atoms with van der Waals surface area (Å²) in [6.45, 7) is 0.486. The Hall–Kier alpha value is -1.55. The molecule has 2 aromatic rings. The molecule has 0 atom stereocenters. The quantitative estimate of drug-likeness (QED) is 0.659. The minimum Gasteiger partial charge on any atom is -0.326 e. The van der Waals surface area contributed by atoms with Gasteiger partial charge in [-0.1, -0.05) is 0 Å². The van der Waals surface area contributed by atoms with E-state index in [-0.39, 0.29) is 0 Å². The van der Waals surface area contributed by atoms with Crippen molar-refractivity contribution in [1.82, 2.24) is 15.0 Å². The molecular formula is C8H8N4. The lowest BCUT2D eigenvalue weighted by atomic mass is 10.3. The van der Waals surface area contributed by atoms with Crippen molar-refractivity contribution in [1.29, 1.82) is 0 Å². The smallest absolute Gasteiger partial charge is 0.178 e. The zero-order valence-corrected chi connectivity index (χ0v) is 6.44. The molecule has 0 saturated heterocycles. The van der Waals surface area contributed by atoms with Crippen molar-refractivity contribution in [2.75, 3.05) is 0 Å². The summed E-state index contributed by atoms with van der Waals surface area (Å²) in [7, 11) is 0. The van der Waals surface area contributed by atoms with Gasteiger partial charge in [-0.2, -0.15) is 0 Å². The monoisotopic (exact) mass is 160 g/mol. The molecule has 0 bridgehead atoms. The van der Waals surface area contributed by atoms with Crippen molar-refractivity contribution in [3.05, 3.63) is 30.2 Å². The topological polar surface area (TPSA) is 64.7 Å². The molecule has 0 aliphatic heterocycles. The van der Waals surface area contributed by atoms with Crippen LogP contribution in [0.1, 0.15) is 5.56 Å². The molecule has 12 heavy (non-hydrogen) atoms. The van der Waals surface area contributed by atoms with Gasteiger partial charge in [0.25, 0.3) is 0 Å². The standard InChI is InChI=1S/C8H8N4/c9-4-6-3-7-8(12-5-6)11-2-1-10-7/h1-3,5H,4,9H2. The molecule has 0 fully saturated rings. The number of fused-ring (bicyclic) bond motifs is 1. The molecule has 2 N–H and O–H groups in total. The van der Waals surface area contributed by atoms with E-state index < -0.39 is 0 Å². The summed E-state index contributed by atoms with van der Waals surface area (Å²) < 4.78 is 0. The van der Waals surface area contributed by atoms with Crippen molar-refractivity contribution < 1.29 is 0 Å². The highest BCUT2D eigenvalue weighted by Gasteiger charge is 1.96. The summed E-state index contributed by atoms with van der Waals surface area (Å²) in [6.07, 6.45) is 4.98. The molecule has 0 aliphatic carbocycles. The third-order valence-electron chi connectivity index (χ3n) is 1.62. The lowest BCUT2D eigenvalue weighted by Crippen LogP contribution is -1.97. The molecule has 0 spiro atoms. The highest BCUT2D eigenvalue weighted by molar-refractivity contribution is 5.69. The van der Waals surface area contributed by atoms with E-state index in [1.54, 1.807) is 18.6 Å². The van der Waals surface area contributed by atoms with Crippen LogP contribution in [-0.2, 0) is 6.54 Å². The van der Waals surface area contributed by atoms with Crippen LogP contribution in [-0.4, -0.2) is 15.0 Å². The summed E-state index contributed by atoms with van der Waals surface area (Å²) in [5.41, 5.74) is 7.88. The molecule has 0 aromatic carbocycles. The Morgan fingerprint density at radius 1 is 1.17 bits per heavy atom. The van der Waals surface area contributed by atoms with Gasteiger partial charge >= 0.3 is 0 Å². The van der Waals surface area contributed by atoms with Crippen molar-refractivity contribution in [3.8, 4) is 0 Å². The highest BCUT2D eigenvalue weighted by atomic mass is 14.9. The fraction of sp³-hybridized carbons (Fsp3) is 0.125. The number of rotatable bonds is 1. The first-order valence-electron chi connectivity index (χ1n) is 3.66. The van der Waals surface area contributed by atoms with Crippen molar-refractivity contribution in [2.45, 2.75) is 6.54 Å². The Morgan fingerprint density at radius 2 is 2.00 bits per heavy atom. The van der Waals surface area contributed by atoms with Gasteiger partial charge in [0, 0.05) is 25.1 Å². The van der Waals surface area contributed by atoms with Crippen molar-refractivity contribution in [2.24, 2.45) is 5.73 Å². The summed E-state index contributed by atoms with van der Waals surface area (Å²) in [5.74, 6) is 0. The third-order valence-corrected chi connectivity index (χ3v) is 1.62. The van der Waals surface area contributed by atoms with Crippen molar-refractivity contribution in [3.63, 3.8) is 0 Å². The van der Waals surface area contributed by atoms with Crippen LogP contribution in [0.25, 0.3) is 11.2 Å². The number of nitrogens with zero attached hydrogens (tertiary/aromatic N) is 3. The van der Waals surface area contributed by atoms with Gasteiger partial charge in [0.05, 0.1) is 0 Å². The Bertz CT molecular complexity index is 399. The molecular weight excluding hydrogens is 152 g/mol. The lowest BCUT2D eigenvalue weighted by molar-refractivity contribution is 1.05. The predicted molar refractivity (Wildman–Crippen MR) is 45.2 cm³/mol. The Morgan fingerprint density at radius 3 is 2.83 bits per heavy atom. The molecule has 2 heterocycles. The van der Waals surface area contributed by atoms with Gasteiger partial charge in [-0.05, 0) is 11.6 Å². The maximum atomic E-state index is 5.45. The van der Waals surface area contributed by atoms with Gasteiger partial charge in [0.15, 0.2) is 5.65 Å². The van der Waals surface area contributed by atoms with Gasteiger partial charge in [-0.25, -0.2) is 9.97 Å². The van der Waals surface area contributed by atoms with Crippen LogP contribution in [0, 0.1) is 0 Å². The minimum absolute atomic E-state index is 0.486. The van der Waals surface area contributed by atoms with Gasteiger partial charge in [0.1, 0.15) is 5.52 Å². The third kappa shape index (κ3) is 1.12. The number of hydrogen-bond donors (Lipinski definition) is 1. The van der Waals surface area contributed by atoms with E-state index in [0.29, 0.717) is 12.2 Å². The molecule has 0 amide bonds. The van der Waals surface area contributed by atoms with Gasteiger partial charge in [-0.15, -0.1) is 0 Å². The molecule has 4 heteroatoms. The molecule has 60 valence electrons. The summed E-state index contributed by atoms with van der Waals surface area (Å²) >= 11 is 0. The molecule has 2 aromatic heterocycles. The van der Waals surface area contributed by atoms with Gasteiger partial charge in [-0.3, -0.25) is 4.98 Å². The fourth-order valence-electron chi connectivity index (χ4n) is 1.01. The number of aromatic nitrogens is 3. The van der Waals surface area contributed by atoms with E-state index >= 15 is 0 Å². The van der Waals surface area contributed by atoms with E-state index in [1.807, 2.05) is 6.07 Å². The number of nitrogens with two attached hydrogens (primary N) is 1. The summed E-state index contributed by atoms with van der Waals surface area (Å²) in [4.78, 5) is 12.2. The van der Waals surface area contributed by atoms with Gasteiger partial charge in [0.2, 0.25) is 0 Å². The SMILES string of the molecule is NCc1cnc2nccnc2c1. The average molecular weight is 160 g/mol. The fourth-order valence-corrected chi connectivity index (χ4v) is 1.01. The zero-order chi connectivity index (χ0) is 8.39. The first kappa shape index (κ1) is 7.12. The van der Waals surface area contributed by atoms with Crippen molar-refractivity contribution >= 4 is 11.2 Å². The van der Waals surface area contributed by atoms with Crippen LogP contribution in [0.3, 0.4) is 0 Å². The molecule has 0 saturated carbocycles. The Balaban J connectivity index is 2.67.